The summed E-state index contributed by atoms with van der Waals surface area (Å²) in [4.78, 5) is 0. The zero-order valence-electron chi connectivity index (χ0n) is 10.8. The highest BCUT2D eigenvalue weighted by Gasteiger charge is 2.14. The third-order valence-electron chi connectivity index (χ3n) is 3.20. The normalized spacial score (nSPS) is 12.5. The first kappa shape index (κ1) is 13.5. The maximum absolute atomic E-state index is 6.57. The molecule has 0 amide bonds. The van der Waals surface area contributed by atoms with Crippen LogP contribution >= 0.6 is 23.2 Å². The number of hydrogen-bond donors (Lipinski definition) is 0. The van der Waals surface area contributed by atoms with Crippen molar-refractivity contribution >= 4 is 23.2 Å². The van der Waals surface area contributed by atoms with Crippen LogP contribution < -0.4 is 0 Å². The Kier molecular flexibility index (Phi) is 3.99. The van der Waals surface area contributed by atoms with Crippen LogP contribution in [0.4, 0.5) is 0 Å². The summed E-state index contributed by atoms with van der Waals surface area (Å²) in [6.45, 7) is 6.15. The van der Waals surface area contributed by atoms with Gasteiger partial charge in [0.1, 0.15) is 0 Å². The standard InChI is InChI=1S/C16H16Cl2/c1-10-4-5-11(2)14(8-10)16(18)13-7-6-12(3)15(17)9-13/h4-9,16H,1-3H3. The molecule has 2 aromatic rings. The van der Waals surface area contributed by atoms with Crippen LogP contribution in [0.2, 0.25) is 5.02 Å². The average molecular weight is 279 g/mol. The van der Waals surface area contributed by atoms with Crippen molar-refractivity contribution in [1.82, 2.24) is 0 Å². The smallest absolute Gasteiger partial charge is 0.0838 e. The predicted molar refractivity (Wildman–Crippen MR) is 79.8 cm³/mol. The van der Waals surface area contributed by atoms with E-state index in [1.54, 1.807) is 0 Å². The lowest BCUT2D eigenvalue weighted by atomic mass is 9.97. The first-order valence-electron chi connectivity index (χ1n) is 5.96. The van der Waals surface area contributed by atoms with E-state index in [0.29, 0.717) is 0 Å². The maximum atomic E-state index is 6.57. The minimum atomic E-state index is -0.150. The quantitative estimate of drug-likeness (QED) is 0.628. The molecule has 0 aliphatic heterocycles. The van der Waals surface area contributed by atoms with Gasteiger partial charge in [0, 0.05) is 5.02 Å². The Balaban J connectivity index is 2.44. The Morgan fingerprint density at radius 1 is 0.889 bits per heavy atom. The van der Waals surface area contributed by atoms with E-state index in [1.807, 2.05) is 25.1 Å². The summed E-state index contributed by atoms with van der Waals surface area (Å²) < 4.78 is 0. The Morgan fingerprint density at radius 3 is 2.22 bits per heavy atom. The fourth-order valence-corrected chi connectivity index (χ4v) is 2.54. The van der Waals surface area contributed by atoms with E-state index in [9.17, 15) is 0 Å². The average Bonchev–Trinajstić information content (AvgIpc) is 2.35. The van der Waals surface area contributed by atoms with Crippen LogP contribution in [-0.2, 0) is 0 Å². The number of rotatable bonds is 2. The molecule has 1 unspecified atom stereocenters. The maximum Gasteiger partial charge on any atom is 0.0838 e. The molecule has 0 heterocycles. The topological polar surface area (TPSA) is 0 Å². The second-order valence-corrected chi connectivity index (χ2v) is 5.57. The summed E-state index contributed by atoms with van der Waals surface area (Å²) in [6.07, 6.45) is 0. The molecule has 2 heteroatoms. The van der Waals surface area contributed by atoms with Crippen LogP contribution in [0.5, 0.6) is 0 Å². The molecule has 0 saturated heterocycles. The Labute approximate surface area is 119 Å². The Morgan fingerprint density at radius 2 is 1.56 bits per heavy atom. The summed E-state index contributed by atoms with van der Waals surface area (Å²) in [6, 6.07) is 12.4. The second-order valence-electron chi connectivity index (χ2n) is 4.73. The zero-order valence-corrected chi connectivity index (χ0v) is 12.3. The molecular weight excluding hydrogens is 263 g/mol. The molecule has 0 nitrogen and oxygen atoms in total. The van der Waals surface area contributed by atoms with Crippen LogP contribution in [-0.4, -0.2) is 0 Å². The minimum absolute atomic E-state index is 0.150. The highest BCUT2D eigenvalue weighted by molar-refractivity contribution is 6.31. The van der Waals surface area contributed by atoms with Crippen LogP contribution in [0.1, 0.15) is 33.2 Å². The van der Waals surface area contributed by atoms with Crippen molar-refractivity contribution in [2.75, 3.05) is 0 Å². The van der Waals surface area contributed by atoms with Gasteiger partial charge in [-0.05, 0) is 49.1 Å². The number of aryl methyl sites for hydroxylation is 3. The van der Waals surface area contributed by atoms with Crippen molar-refractivity contribution < 1.29 is 0 Å². The molecule has 2 rings (SSSR count). The molecule has 0 spiro atoms. The fourth-order valence-electron chi connectivity index (χ4n) is 1.98. The molecule has 0 N–H and O–H groups in total. The predicted octanol–water partition coefficient (Wildman–Crippen LogP) is 5.59. The van der Waals surface area contributed by atoms with E-state index in [4.69, 9.17) is 23.2 Å². The number of alkyl halides is 1. The fraction of sp³-hybridized carbons (Fsp3) is 0.250. The van der Waals surface area contributed by atoms with Gasteiger partial charge in [-0.25, -0.2) is 0 Å². The van der Waals surface area contributed by atoms with Gasteiger partial charge in [0.2, 0.25) is 0 Å². The van der Waals surface area contributed by atoms with Crippen molar-refractivity contribution in [3.05, 3.63) is 69.2 Å². The van der Waals surface area contributed by atoms with E-state index in [0.717, 1.165) is 21.7 Å². The van der Waals surface area contributed by atoms with Crippen LogP contribution in [0.25, 0.3) is 0 Å². The molecule has 0 aliphatic carbocycles. The summed E-state index contributed by atoms with van der Waals surface area (Å²) >= 11 is 12.7. The van der Waals surface area contributed by atoms with Crippen LogP contribution in [0, 0.1) is 20.8 Å². The Hall–Kier alpha value is -0.980. The highest BCUT2D eigenvalue weighted by Crippen LogP contribution is 2.33. The molecule has 18 heavy (non-hydrogen) atoms. The molecule has 2 aromatic carbocycles. The third kappa shape index (κ3) is 2.71. The lowest BCUT2D eigenvalue weighted by molar-refractivity contribution is 1.10. The van der Waals surface area contributed by atoms with Crippen molar-refractivity contribution in [3.8, 4) is 0 Å². The van der Waals surface area contributed by atoms with Gasteiger partial charge in [0.05, 0.1) is 5.38 Å². The van der Waals surface area contributed by atoms with E-state index in [-0.39, 0.29) is 5.38 Å². The monoisotopic (exact) mass is 278 g/mol. The van der Waals surface area contributed by atoms with Gasteiger partial charge < -0.3 is 0 Å². The summed E-state index contributed by atoms with van der Waals surface area (Å²) in [7, 11) is 0. The van der Waals surface area contributed by atoms with E-state index in [1.165, 1.54) is 11.1 Å². The highest BCUT2D eigenvalue weighted by atomic mass is 35.5. The largest absolute Gasteiger partial charge is 0.113 e. The Bertz CT molecular complexity index is 573. The lowest BCUT2D eigenvalue weighted by Crippen LogP contribution is -1.97. The van der Waals surface area contributed by atoms with Gasteiger partial charge in [0.25, 0.3) is 0 Å². The molecular formula is C16H16Cl2. The third-order valence-corrected chi connectivity index (χ3v) is 4.09. The summed E-state index contributed by atoms with van der Waals surface area (Å²) in [5, 5.41) is 0.617. The first-order valence-corrected chi connectivity index (χ1v) is 6.78. The van der Waals surface area contributed by atoms with E-state index in [2.05, 4.69) is 32.0 Å². The van der Waals surface area contributed by atoms with Gasteiger partial charge in [-0.15, -0.1) is 11.6 Å². The van der Waals surface area contributed by atoms with Crippen LogP contribution in [0.15, 0.2) is 36.4 Å². The molecule has 0 radical (unpaired) electrons. The number of halogens is 2. The van der Waals surface area contributed by atoms with E-state index < -0.39 is 0 Å². The van der Waals surface area contributed by atoms with Gasteiger partial charge in [-0.2, -0.15) is 0 Å². The number of benzene rings is 2. The van der Waals surface area contributed by atoms with Crippen LogP contribution in [0.3, 0.4) is 0 Å². The van der Waals surface area contributed by atoms with Crippen molar-refractivity contribution in [2.45, 2.75) is 26.1 Å². The molecule has 0 saturated carbocycles. The van der Waals surface area contributed by atoms with Gasteiger partial charge in [0.15, 0.2) is 0 Å². The number of hydrogen-bond acceptors (Lipinski definition) is 0. The SMILES string of the molecule is Cc1ccc(C)c(C(Cl)c2ccc(C)c(Cl)c2)c1. The minimum Gasteiger partial charge on any atom is -0.113 e. The molecule has 0 fully saturated rings. The summed E-state index contributed by atoms with van der Waals surface area (Å²) in [5.41, 5.74) is 5.69. The zero-order chi connectivity index (χ0) is 13.3. The lowest BCUT2D eigenvalue weighted by Gasteiger charge is -2.15. The van der Waals surface area contributed by atoms with Crippen molar-refractivity contribution in [3.63, 3.8) is 0 Å². The van der Waals surface area contributed by atoms with Gasteiger partial charge in [-0.1, -0.05) is 47.5 Å². The molecule has 0 bridgehead atoms. The molecule has 0 aromatic heterocycles. The van der Waals surface area contributed by atoms with Crippen molar-refractivity contribution in [2.24, 2.45) is 0 Å². The van der Waals surface area contributed by atoms with E-state index >= 15 is 0 Å². The van der Waals surface area contributed by atoms with Gasteiger partial charge in [-0.3, -0.25) is 0 Å². The second kappa shape index (κ2) is 5.34. The van der Waals surface area contributed by atoms with Crippen molar-refractivity contribution in [1.29, 1.82) is 0 Å². The molecule has 94 valence electrons. The summed E-state index contributed by atoms with van der Waals surface area (Å²) in [5.74, 6) is 0. The molecule has 1 atom stereocenters. The first-order chi connectivity index (χ1) is 8.49. The van der Waals surface area contributed by atoms with Gasteiger partial charge >= 0.3 is 0 Å². The molecule has 0 aliphatic rings.